The maximum Gasteiger partial charge on any atom is 0.211 e. The van der Waals surface area contributed by atoms with Gasteiger partial charge in [0, 0.05) is 21.7 Å². The molecule has 0 saturated heterocycles. The van der Waals surface area contributed by atoms with Crippen molar-refractivity contribution in [3.05, 3.63) is 122 Å². The summed E-state index contributed by atoms with van der Waals surface area (Å²) in [4.78, 5) is 15.2. The Morgan fingerprint density at radius 3 is 2.28 bits per heavy atom. The molecule has 0 fully saturated rings. The number of carbonyl (C=O) groups is 1. The lowest BCUT2D eigenvalue weighted by atomic mass is 9.81. The van der Waals surface area contributed by atoms with Crippen molar-refractivity contribution in [3.8, 4) is 0 Å². The van der Waals surface area contributed by atoms with Gasteiger partial charge in [0.25, 0.3) is 0 Å². The van der Waals surface area contributed by atoms with Crippen molar-refractivity contribution in [3.63, 3.8) is 0 Å². The molecule has 6 heteroatoms. The molecule has 4 aromatic rings. The van der Waals surface area contributed by atoms with Crippen LogP contribution in [0.15, 0.2) is 94.4 Å². The Balaban J connectivity index is 1.63. The summed E-state index contributed by atoms with van der Waals surface area (Å²) in [5.41, 5.74) is 7.26. The van der Waals surface area contributed by atoms with Crippen LogP contribution in [0.3, 0.4) is 0 Å². The second-order valence-electron chi connectivity index (χ2n) is 10.9. The quantitative estimate of drug-likeness (QED) is 0.234. The summed E-state index contributed by atoms with van der Waals surface area (Å²) in [5.74, 6) is -0.508. The van der Waals surface area contributed by atoms with E-state index >= 15 is 0 Å². The van der Waals surface area contributed by atoms with E-state index in [2.05, 4.69) is 75.9 Å². The monoisotopic (exact) mass is 553 g/mol. The lowest BCUT2D eigenvalue weighted by molar-refractivity contribution is 0.104. The first kappa shape index (κ1) is 25.6. The number of ketones is 1. The summed E-state index contributed by atoms with van der Waals surface area (Å²) < 4.78 is 26.8. The van der Waals surface area contributed by atoms with E-state index in [0.29, 0.717) is 0 Å². The summed E-state index contributed by atoms with van der Waals surface area (Å²) in [6.45, 7) is 10.6. The van der Waals surface area contributed by atoms with Gasteiger partial charge in [0.2, 0.25) is 15.6 Å². The van der Waals surface area contributed by atoms with Gasteiger partial charge in [-0.15, -0.1) is 0 Å². The molecule has 0 unspecified atom stereocenters. The summed E-state index contributed by atoms with van der Waals surface area (Å²) in [7, 11) is -3.99. The largest absolute Gasteiger partial charge is 0.312 e. The van der Waals surface area contributed by atoms with Crippen LogP contribution in [0.25, 0.3) is 10.8 Å². The van der Waals surface area contributed by atoms with Gasteiger partial charge < -0.3 is 4.90 Å². The van der Waals surface area contributed by atoms with Gasteiger partial charge in [0.05, 0.1) is 16.3 Å². The number of aryl methyl sites for hydroxylation is 3. The summed E-state index contributed by atoms with van der Waals surface area (Å²) >= 11 is 6.08. The smallest absolute Gasteiger partial charge is 0.211 e. The van der Waals surface area contributed by atoms with Crippen LogP contribution >= 0.6 is 11.6 Å². The number of hydrogen-bond donors (Lipinski definition) is 0. The number of benzene rings is 4. The maximum atomic E-state index is 13.4. The molecule has 2 aliphatic heterocycles. The van der Waals surface area contributed by atoms with Crippen LogP contribution in [0.2, 0.25) is 5.02 Å². The zero-order valence-electron chi connectivity index (χ0n) is 22.5. The van der Waals surface area contributed by atoms with Gasteiger partial charge in [-0.2, -0.15) is 0 Å². The second kappa shape index (κ2) is 8.67. The van der Waals surface area contributed by atoms with Gasteiger partial charge in [-0.1, -0.05) is 73.5 Å². The van der Waals surface area contributed by atoms with E-state index in [0.717, 1.165) is 39.0 Å². The highest BCUT2D eigenvalue weighted by Gasteiger charge is 2.44. The molecule has 0 amide bonds. The van der Waals surface area contributed by atoms with E-state index in [9.17, 15) is 13.2 Å². The first-order valence-corrected chi connectivity index (χ1v) is 14.7. The number of hydrogen-bond acceptors (Lipinski definition) is 4. The van der Waals surface area contributed by atoms with Crippen molar-refractivity contribution in [1.82, 2.24) is 0 Å². The lowest BCUT2D eigenvalue weighted by Gasteiger charge is -2.30. The molecule has 2 heterocycles. The molecular weight excluding hydrogens is 526 g/mol. The number of sulfone groups is 1. The van der Waals surface area contributed by atoms with Crippen molar-refractivity contribution in [2.45, 2.75) is 44.9 Å². The van der Waals surface area contributed by atoms with Crippen LogP contribution in [-0.4, -0.2) is 14.2 Å². The molecule has 2 aliphatic rings. The fourth-order valence-electron chi connectivity index (χ4n) is 6.29. The fraction of sp³-hybridized carbons (Fsp3) is 0.182. The topological polar surface area (TPSA) is 54.5 Å². The van der Waals surface area contributed by atoms with Crippen LogP contribution in [-0.2, 0) is 15.3 Å². The van der Waals surface area contributed by atoms with Crippen molar-refractivity contribution >= 4 is 49.4 Å². The van der Waals surface area contributed by atoms with Gasteiger partial charge in [0.1, 0.15) is 4.91 Å². The van der Waals surface area contributed by atoms with Crippen LogP contribution < -0.4 is 4.90 Å². The molecular formula is C33H28ClNO3S. The van der Waals surface area contributed by atoms with Crippen LogP contribution in [0.1, 0.15) is 46.5 Å². The third kappa shape index (κ3) is 3.71. The van der Waals surface area contributed by atoms with E-state index in [1.807, 2.05) is 18.2 Å². The third-order valence-corrected chi connectivity index (χ3v) is 9.95. The molecule has 196 valence electrons. The minimum atomic E-state index is -3.99. The predicted molar refractivity (Wildman–Crippen MR) is 159 cm³/mol. The maximum absolute atomic E-state index is 13.4. The van der Waals surface area contributed by atoms with E-state index < -0.39 is 21.0 Å². The summed E-state index contributed by atoms with van der Waals surface area (Å²) in [5, 5.41) is 2.57. The number of halogens is 1. The highest BCUT2D eigenvalue weighted by molar-refractivity contribution is 7.97. The normalized spacial score (nSPS) is 19.2. The SMILES string of the molecule is Cc1cc(C)c(N2/C(=C/C=C3\C(=O)c4ccc(Cl)cc4S3(=O)=O)C(C)(C)c3c2ccc2ccccc32)c(C)c1. The van der Waals surface area contributed by atoms with E-state index in [-0.39, 0.29) is 20.4 Å². The average Bonchev–Trinajstić information content (AvgIpc) is 3.20. The average molecular weight is 554 g/mol. The van der Waals surface area contributed by atoms with Crippen molar-refractivity contribution in [2.75, 3.05) is 4.90 Å². The number of allylic oxidation sites excluding steroid dienone is 4. The molecule has 0 bridgehead atoms. The van der Waals surface area contributed by atoms with Gasteiger partial charge in [-0.3, -0.25) is 4.79 Å². The molecule has 6 rings (SSSR count). The third-order valence-electron chi connectivity index (χ3n) is 7.90. The zero-order valence-corrected chi connectivity index (χ0v) is 24.0. The summed E-state index contributed by atoms with van der Waals surface area (Å²) in [6.07, 6.45) is 3.29. The first-order chi connectivity index (χ1) is 18.4. The van der Waals surface area contributed by atoms with Gasteiger partial charge >= 0.3 is 0 Å². The highest BCUT2D eigenvalue weighted by Crippen LogP contribution is 2.55. The molecule has 4 nitrogen and oxygen atoms in total. The number of Topliss-reactive ketones (excluding diaryl/α,β-unsaturated/α-hetero) is 1. The Hall–Kier alpha value is -3.67. The summed E-state index contributed by atoms with van der Waals surface area (Å²) in [6, 6.07) is 21.3. The molecule has 0 aromatic heterocycles. The number of fused-ring (bicyclic) bond motifs is 4. The molecule has 0 atom stereocenters. The van der Waals surface area contributed by atoms with Gasteiger partial charge in [0.15, 0.2) is 0 Å². The molecule has 0 spiro atoms. The molecule has 0 aliphatic carbocycles. The van der Waals surface area contributed by atoms with E-state index in [4.69, 9.17) is 11.6 Å². The number of carbonyl (C=O) groups excluding carboxylic acids is 1. The Labute approximate surface area is 234 Å². The van der Waals surface area contributed by atoms with Gasteiger partial charge in [-0.05, 0) is 84.7 Å². The molecule has 39 heavy (non-hydrogen) atoms. The van der Waals surface area contributed by atoms with E-state index in [1.54, 1.807) is 6.07 Å². The highest BCUT2D eigenvalue weighted by atomic mass is 35.5. The number of anilines is 2. The molecule has 4 aromatic carbocycles. The Kier molecular flexibility index (Phi) is 5.69. The fourth-order valence-corrected chi connectivity index (χ4v) is 8.10. The minimum absolute atomic E-state index is 0.0355. The van der Waals surface area contributed by atoms with Crippen LogP contribution in [0, 0.1) is 20.8 Å². The second-order valence-corrected chi connectivity index (χ2v) is 13.3. The van der Waals surface area contributed by atoms with Crippen molar-refractivity contribution in [2.24, 2.45) is 0 Å². The number of rotatable bonds is 2. The Morgan fingerprint density at radius 2 is 1.56 bits per heavy atom. The Bertz CT molecular complexity index is 1890. The zero-order chi connectivity index (χ0) is 27.9. The van der Waals surface area contributed by atoms with Crippen molar-refractivity contribution < 1.29 is 13.2 Å². The van der Waals surface area contributed by atoms with Gasteiger partial charge in [-0.25, -0.2) is 8.42 Å². The van der Waals surface area contributed by atoms with Crippen LogP contribution in [0.4, 0.5) is 11.4 Å². The Morgan fingerprint density at radius 1 is 0.872 bits per heavy atom. The van der Waals surface area contributed by atoms with Crippen molar-refractivity contribution in [1.29, 1.82) is 0 Å². The first-order valence-electron chi connectivity index (χ1n) is 12.8. The van der Waals surface area contributed by atoms with E-state index in [1.165, 1.54) is 29.3 Å². The number of nitrogens with zero attached hydrogens (tertiary/aromatic N) is 1. The lowest BCUT2D eigenvalue weighted by Crippen LogP contribution is -2.24. The predicted octanol–water partition coefficient (Wildman–Crippen LogP) is 8.29. The standard InChI is InChI=1S/C33H28ClNO3S/c1-19-16-20(2)31(21(3)17-19)35-26-13-10-22-8-6-7-9-24(22)30(26)33(4,5)29(35)15-14-27-32(36)25-12-11-23(34)18-28(25)39(27,37)38/h6-18H,1-5H3/b27-14+,29-15+. The minimum Gasteiger partial charge on any atom is -0.312 e. The molecule has 0 radical (unpaired) electrons. The molecule has 0 saturated carbocycles. The van der Waals surface area contributed by atoms with Crippen LogP contribution in [0.5, 0.6) is 0 Å². The molecule has 0 N–H and O–H groups in total.